The average Bonchev–Trinajstić information content (AvgIpc) is 2.89. The molecule has 3 aromatic carbocycles. The van der Waals surface area contributed by atoms with Crippen LogP contribution in [0.5, 0.6) is 17.2 Å². The number of carboxylic acid groups (broad SMARTS) is 1. The molecule has 0 bridgehead atoms. The Hall–Kier alpha value is -3.78. The molecule has 0 heterocycles. The molecule has 7 nitrogen and oxygen atoms in total. The van der Waals surface area contributed by atoms with Crippen LogP contribution in [0.4, 0.5) is 10.1 Å². The van der Waals surface area contributed by atoms with Crippen LogP contribution >= 0.6 is 0 Å². The second-order valence-electron chi connectivity index (χ2n) is 8.33. The molecule has 3 aromatic rings. The fraction of sp³-hybridized carbons (Fsp3) is 0.321. The highest BCUT2D eigenvalue weighted by Crippen LogP contribution is 2.32. The van der Waals surface area contributed by atoms with E-state index in [2.05, 4.69) is 5.32 Å². The minimum absolute atomic E-state index is 0.102. The number of carbonyl (C=O) groups is 1. The lowest BCUT2D eigenvalue weighted by Crippen LogP contribution is -2.21. The van der Waals surface area contributed by atoms with Crippen molar-refractivity contribution in [1.82, 2.24) is 0 Å². The van der Waals surface area contributed by atoms with Crippen LogP contribution in [-0.2, 0) is 24.2 Å². The standard InChI is InChI=1S/C28H32FNO6/c1-34-22-15-20(17-31)23(26(16-22)36-3)7-5-4-6-18-8-13-25(35-2)24(14-18)30-27(28(32)33)19-9-11-21(29)12-10-19/h8-16,27,30-31H,4-7,17H2,1-3H3,(H,32,33). The van der Waals surface area contributed by atoms with Crippen molar-refractivity contribution in [2.24, 2.45) is 0 Å². The summed E-state index contributed by atoms with van der Waals surface area (Å²) in [6.07, 6.45) is 3.22. The molecular weight excluding hydrogens is 465 g/mol. The number of rotatable bonds is 13. The number of aryl methyl sites for hydroxylation is 1. The summed E-state index contributed by atoms with van der Waals surface area (Å²) < 4.78 is 29.5. The maximum atomic E-state index is 13.3. The van der Waals surface area contributed by atoms with Crippen LogP contribution in [0.1, 0.15) is 41.1 Å². The topological polar surface area (TPSA) is 97.2 Å². The lowest BCUT2D eigenvalue weighted by atomic mass is 9.98. The van der Waals surface area contributed by atoms with Crippen molar-refractivity contribution >= 4 is 11.7 Å². The third-order valence-corrected chi connectivity index (χ3v) is 6.06. The van der Waals surface area contributed by atoms with Gasteiger partial charge in [-0.15, -0.1) is 0 Å². The van der Waals surface area contributed by atoms with Crippen molar-refractivity contribution in [2.45, 2.75) is 38.3 Å². The molecule has 0 aliphatic heterocycles. The number of ether oxygens (including phenoxy) is 3. The number of anilines is 1. The van der Waals surface area contributed by atoms with Crippen molar-refractivity contribution < 1.29 is 33.6 Å². The average molecular weight is 498 g/mol. The van der Waals surface area contributed by atoms with Gasteiger partial charge in [0.1, 0.15) is 23.1 Å². The molecule has 1 unspecified atom stereocenters. The number of hydrogen-bond donors (Lipinski definition) is 3. The zero-order valence-corrected chi connectivity index (χ0v) is 20.7. The molecule has 0 aliphatic rings. The van der Waals surface area contributed by atoms with Gasteiger partial charge in [-0.2, -0.15) is 0 Å². The fourth-order valence-corrected chi connectivity index (χ4v) is 4.15. The first-order valence-electron chi connectivity index (χ1n) is 11.7. The Morgan fingerprint density at radius 2 is 1.61 bits per heavy atom. The quantitative estimate of drug-likeness (QED) is 0.281. The van der Waals surface area contributed by atoms with Gasteiger partial charge in [-0.05, 0) is 78.3 Å². The molecule has 8 heteroatoms. The van der Waals surface area contributed by atoms with Gasteiger partial charge in [0, 0.05) is 6.07 Å². The van der Waals surface area contributed by atoms with Crippen molar-refractivity contribution in [3.8, 4) is 17.2 Å². The smallest absolute Gasteiger partial charge is 0.330 e. The summed E-state index contributed by atoms with van der Waals surface area (Å²) in [5, 5.41) is 22.6. The third kappa shape index (κ3) is 6.66. The summed E-state index contributed by atoms with van der Waals surface area (Å²) in [6, 6.07) is 13.6. The first kappa shape index (κ1) is 26.8. The predicted octanol–water partition coefficient (Wildman–Crippen LogP) is 5.15. The normalized spacial score (nSPS) is 11.6. The highest BCUT2D eigenvalue weighted by atomic mass is 19.1. The number of nitrogens with one attached hydrogen (secondary N) is 1. The van der Waals surface area contributed by atoms with Crippen LogP contribution in [0.2, 0.25) is 0 Å². The molecule has 0 amide bonds. The molecule has 1 atom stereocenters. The Balaban J connectivity index is 1.70. The van der Waals surface area contributed by atoms with E-state index in [1.54, 1.807) is 20.3 Å². The molecule has 3 rings (SSSR count). The number of carboxylic acids is 1. The van der Waals surface area contributed by atoms with Gasteiger partial charge in [-0.3, -0.25) is 0 Å². The number of hydrogen-bond acceptors (Lipinski definition) is 6. The lowest BCUT2D eigenvalue weighted by molar-refractivity contribution is -0.138. The van der Waals surface area contributed by atoms with E-state index in [-0.39, 0.29) is 6.61 Å². The predicted molar refractivity (Wildman–Crippen MR) is 136 cm³/mol. The van der Waals surface area contributed by atoms with Gasteiger partial charge in [0.05, 0.1) is 33.6 Å². The molecule has 0 saturated heterocycles. The maximum absolute atomic E-state index is 13.3. The fourth-order valence-electron chi connectivity index (χ4n) is 4.15. The Kier molecular flexibility index (Phi) is 9.53. The van der Waals surface area contributed by atoms with Gasteiger partial charge in [0.15, 0.2) is 6.04 Å². The van der Waals surface area contributed by atoms with Gasteiger partial charge in [-0.25, -0.2) is 9.18 Å². The zero-order chi connectivity index (χ0) is 26.1. The summed E-state index contributed by atoms with van der Waals surface area (Å²) in [4.78, 5) is 11.9. The minimum Gasteiger partial charge on any atom is -0.497 e. The molecule has 192 valence electrons. The molecule has 0 aliphatic carbocycles. The summed E-state index contributed by atoms with van der Waals surface area (Å²) in [7, 11) is 4.70. The Labute approximate surface area is 210 Å². The van der Waals surface area contributed by atoms with Crippen molar-refractivity contribution in [3.63, 3.8) is 0 Å². The molecule has 0 saturated carbocycles. The first-order valence-corrected chi connectivity index (χ1v) is 11.7. The largest absolute Gasteiger partial charge is 0.497 e. The van der Waals surface area contributed by atoms with Gasteiger partial charge in [0.25, 0.3) is 0 Å². The van der Waals surface area contributed by atoms with Crippen molar-refractivity contribution in [1.29, 1.82) is 0 Å². The first-order chi connectivity index (χ1) is 17.4. The van der Waals surface area contributed by atoms with E-state index >= 15 is 0 Å². The van der Waals surface area contributed by atoms with Crippen LogP contribution in [0.25, 0.3) is 0 Å². The number of halogens is 1. The number of aliphatic hydroxyl groups is 1. The van der Waals surface area contributed by atoms with Gasteiger partial charge in [-0.1, -0.05) is 18.2 Å². The van der Waals surface area contributed by atoms with E-state index in [9.17, 15) is 19.4 Å². The molecule has 36 heavy (non-hydrogen) atoms. The molecule has 0 fully saturated rings. The number of benzene rings is 3. The van der Waals surface area contributed by atoms with Crippen molar-refractivity contribution in [3.05, 3.63) is 82.7 Å². The molecule has 0 radical (unpaired) electrons. The van der Waals surface area contributed by atoms with Crippen LogP contribution in [-0.4, -0.2) is 37.5 Å². The van der Waals surface area contributed by atoms with E-state index in [4.69, 9.17) is 14.2 Å². The summed E-state index contributed by atoms with van der Waals surface area (Å²) >= 11 is 0. The lowest BCUT2D eigenvalue weighted by Gasteiger charge is -2.19. The number of unbranched alkanes of at least 4 members (excludes halogenated alkanes) is 1. The van der Waals surface area contributed by atoms with Gasteiger partial charge in [0.2, 0.25) is 0 Å². The number of aliphatic carboxylic acids is 1. The molecule has 3 N–H and O–H groups in total. The Morgan fingerprint density at radius 3 is 2.22 bits per heavy atom. The van der Waals surface area contributed by atoms with Gasteiger partial charge >= 0.3 is 5.97 Å². The monoisotopic (exact) mass is 497 g/mol. The minimum atomic E-state index is -1.08. The van der Waals surface area contributed by atoms with E-state index in [1.807, 2.05) is 24.3 Å². The SMILES string of the molecule is COc1cc(CO)c(CCCCc2ccc(OC)c(NC(C(=O)O)c3ccc(F)cc3)c2)c(OC)c1. The second kappa shape index (κ2) is 12.8. The maximum Gasteiger partial charge on any atom is 0.330 e. The Morgan fingerprint density at radius 1 is 0.917 bits per heavy atom. The summed E-state index contributed by atoms with van der Waals surface area (Å²) in [5.41, 5.74) is 3.74. The van der Waals surface area contributed by atoms with Crippen molar-refractivity contribution in [2.75, 3.05) is 26.6 Å². The highest BCUT2D eigenvalue weighted by Gasteiger charge is 2.21. The van der Waals surface area contributed by atoms with Gasteiger partial charge < -0.3 is 29.7 Å². The highest BCUT2D eigenvalue weighted by molar-refractivity contribution is 5.80. The number of aliphatic hydroxyl groups excluding tert-OH is 1. The third-order valence-electron chi connectivity index (χ3n) is 6.06. The van der Waals surface area contributed by atoms with Crippen LogP contribution in [0.15, 0.2) is 54.6 Å². The van der Waals surface area contributed by atoms with Crippen LogP contribution in [0.3, 0.4) is 0 Å². The summed E-state index contributed by atoms with van der Waals surface area (Å²) in [5.74, 6) is 0.332. The molecule has 0 spiro atoms. The van der Waals surface area contributed by atoms with Crippen LogP contribution < -0.4 is 19.5 Å². The Bertz CT molecular complexity index is 1140. The number of methoxy groups -OCH3 is 3. The summed E-state index contributed by atoms with van der Waals surface area (Å²) in [6.45, 7) is -0.102. The van der Waals surface area contributed by atoms with E-state index in [0.717, 1.165) is 42.4 Å². The zero-order valence-electron chi connectivity index (χ0n) is 20.7. The van der Waals surface area contributed by atoms with E-state index < -0.39 is 17.8 Å². The van der Waals surface area contributed by atoms with E-state index in [0.29, 0.717) is 28.5 Å². The molecular formula is C28H32FNO6. The second-order valence-corrected chi connectivity index (χ2v) is 8.33. The molecule has 0 aromatic heterocycles. The van der Waals surface area contributed by atoms with E-state index in [1.165, 1.54) is 31.4 Å². The van der Waals surface area contributed by atoms with Crippen LogP contribution in [0, 0.1) is 5.82 Å².